The quantitative estimate of drug-likeness (QED) is 0.821. The van der Waals surface area contributed by atoms with Gasteiger partial charge in [0.1, 0.15) is 4.33 Å². The molecule has 1 aromatic carbocycles. The largest absolute Gasteiger partial charge is 0.481 e. The molecule has 0 aliphatic heterocycles. The van der Waals surface area contributed by atoms with E-state index in [1.165, 1.54) is 0 Å². The van der Waals surface area contributed by atoms with Crippen molar-refractivity contribution in [1.29, 1.82) is 0 Å². The van der Waals surface area contributed by atoms with Gasteiger partial charge in [0.25, 0.3) is 0 Å². The maximum Gasteiger partial charge on any atom is 0.310 e. The molecule has 1 N–H and O–H groups in total. The van der Waals surface area contributed by atoms with Gasteiger partial charge in [0.2, 0.25) is 0 Å². The molecule has 0 spiro atoms. The van der Waals surface area contributed by atoms with Crippen LogP contribution in [0.3, 0.4) is 0 Å². The lowest BCUT2D eigenvalue weighted by Crippen LogP contribution is -2.03. The Morgan fingerprint density at radius 1 is 1.44 bits per heavy atom. The molecule has 1 saturated carbocycles. The molecule has 6 heteroatoms. The summed E-state index contributed by atoms with van der Waals surface area (Å²) < 4.78 is -0.522. The molecule has 86 valence electrons. The van der Waals surface area contributed by atoms with E-state index in [0.717, 1.165) is 5.56 Å². The molecule has 1 fully saturated rings. The van der Waals surface area contributed by atoms with Crippen LogP contribution in [0, 0.1) is 5.92 Å². The van der Waals surface area contributed by atoms with Crippen molar-refractivity contribution in [2.24, 2.45) is 5.92 Å². The fourth-order valence-electron chi connectivity index (χ4n) is 1.75. The first-order valence-electron chi connectivity index (χ1n) is 4.41. The molecule has 0 saturated heterocycles. The number of halogens is 4. The lowest BCUT2D eigenvalue weighted by atomic mass is 10.1. The van der Waals surface area contributed by atoms with Crippen LogP contribution < -0.4 is 0 Å². The Balaban J connectivity index is 2.33. The molecule has 0 radical (unpaired) electrons. The van der Waals surface area contributed by atoms with E-state index in [1.807, 2.05) is 0 Å². The lowest BCUT2D eigenvalue weighted by molar-refractivity contribution is -0.138. The smallest absolute Gasteiger partial charge is 0.310 e. The first-order valence-corrected chi connectivity index (χ1v) is 6.34. The highest BCUT2D eigenvalue weighted by Crippen LogP contribution is 2.65. The second-order valence-electron chi connectivity index (χ2n) is 3.64. The molecule has 2 nitrogen and oxygen atoms in total. The van der Waals surface area contributed by atoms with E-state index in [4.69, 9.17) is 39.9 Å². The summed E-state index contributed by atoms with van der Waals surface area (Å²) in [6, 6.07) is 5.16. The Morgan fingerprint density at radius 3 is 2.50 bits per heavy atom. The minimum Gasteiger partial charge on any atom is -0.481 e. The highest BCUT2D eigenvalue weighted by Gasteiger charge is 2.68. The van der Waals surface area contributed by atoms with E-state index in [1.54, 1.807) is 18.2 Å². The third-order valence-corrected chi connectivity index (χ3v) is 4.78. The SMILES string of the molecule is O=C(O)C1C(c2ccc(Cl)c(Br)c2)C1(Cl)Cl. The van der Waals surface area contributed by atoms with Gasteiger partial charge in [-0.05, 0) is 33.6 Å². The molecule has 1 aliphatic rings. The van der Waals surface area contributed by atoms with E-state index in [9.17, 15) is 4.79 Å². The van der Waals surface area contributed by atoms with Gasteiger partial charge < -0.3 is 5.11 Å². The van der Waals surface area contributed by atoms with Crippen LogP contribution in [0.15, 0.2) is 22.7 Å². The first kappa shape index (κ1) is 12.5. The van der Waals surface area contributed by atoms with Crippen LogP contribution in [0.1, 0.15) is 11.5 Å². The molecule has 16 heavy (non-hydrogen) atoms. The molecule has 2 rings (SSSR count). The second kappa shape index (κ2) is 4.05. The molecule has 2 atom stereocenters. The Hall–Kier alpha value is 0.0400. The van der Waals surface area contributed by atoms with Crippen molar-refractivity contribution >= 4 is 56.7 Å². The number of hydrogen-bond donors (Lipinski definition) is 1. The van der Waals surface area contributed by atoms with Crippen LogP contribution in [0.5, 0.6) is 0 Å². The normalized spacial score (nSPS) is 26.5. The Labute approximate surface area is 116 Å². The summed E-state index contributed by atoms with van der Waals surface area (Å²) in [5, 5.41) is 9.50. The third kappa shape index (κ3) is 1.94. The average molecular weight is 344 g/mol. The van der Waals surface area contributed by atoms with Gasteiger partial charge in [-0.15, -0.1) is 0 Å². The second-order valence-corrected chi connectivity index (χ2v) is 6.35. The zero-order valence-corrected chi connectivity index (χ0v) is 11.6. The van der Waals surface area contributed by atoms with Crippen molar-refractivity contribution in [3.05, 3.63) is 33.3 Å². The molecule has 0 bridgehead atoms. The van der Waals surface area contributed by atoms with Gasteiger partial charge in [-0.1, -0.05) is 40.9 Å². The van der Waals surface area contributed by atoms with E-state index >= 15 is 0 Å². The van der Waals surface area contributed by atoms with Gasteiger partial charge >= 0.3 is 5.97 Å². The minimum absolute atomic E-state index is 0.387. The van der Waals surface area contributed by atoms with E-state index in [0.29, 0.717) is 9.50 Å². The number of carbonyl (C=O) groups is 1. The van der Waals surface area contributed by atoms with Crippen molar-refractivity contribution in [3.63, 3.8) is 0 Å². The van der Waals surface area contributed by atoms with Crippen LogP contribution in [0.25, 0.3) is 0 Å². The van der Waals surface area contributed by atoms with Crippen molar-refractivity contribution in [2.45, 2.75) is 10.3 Å². The molecule has 0 heterocycles. The number of benzene rings is 1. The van der Waals surface area contributed by atoms with Crippen LogP contribution >= 0.6 is 50.7 Å². The summed E-state index contributed by atoms with van der Waals surface area (Å²) in [5.41, 5.74) is 0.772. The lowest BCUT2D eigenvalue weighted by Gasteiger charge is -2.02. The van der Waals surface area contributed by atoms with Crippen molar-refractivity contribution in [2.75, 3.05) is 0 Å². The fraction of sp³-hybridized carbons (Fsp3) is 0.300. The van der Waals surface area contributed by atoms with Gasteiger partial charge in [-0.3, -0.25) is 4.79 Å². The first-order chi connectivity index (χ1) is 7.35. The predicted molar refractivity (Wildman–Crippen MR) is 67.5 cm³/mol. The maximum absolute atomic E-state index is 10.9. The summed E-state index contributed by atoms with van der Waals surface area (Å²) >= 11 is 21.0. The molecule has 0 aromatic heterocycles. The van der Waals surface area contributed by atoms with E-state index in [2.05, 4.69) is 15.9 Å². The topological polar surface area (TPSA) is 37.3 Å². The third-order valence-electron chi connectivity index (χ3n) is 2.62. The minimum atomic E-state index is -1.22. The van der Waals surface area contributed by atoms with Crippen LogP contribution in [0.2, 0.25) is 5.02 Å². The highest BCUT2D eigenvalue weighted by molar-refractivity contribution is 9.10. The van der Waals surface area contributed by atoms with Crippen molar-refractivity contribution in [1.82, 2.24) is 0 Å². The summed E-state index contributed by atoms with van der Waals surface area (Å²) in [5.74, 6) is -2.13. The van der Waals surface area contributed by atoms with Crippen LogP contribution in [-0.4, -0.2) is 15.4 Å². The zero-order chi connectivity index (χ0) is 12.1. The van der Waals surface area contributed by atoms with Crippen molar-refractivity contribution < 1.29 is 9.90 Å². The average Bonchev–Trinajstić information content (AvgIpc) is 2.74. The monoisotopic (exact) mass is 342 g/mol. The predicted octanol–water partition coefficient (Wildman–Crippen LogP) is 4.07. The fourth-order valence-corrected chi connectivity index (χ4v) is 3.09. The van der Waals surface area contributed by atoms with Gasteiger partial charge in [-0.2, -0.15) is 0 Å². The Morgan fingerprint density at radius 2 is 2.06 bits per heavy atom. The maximum atomic E-state index is 10.9. The van der Waals surface area contributed by atoms with Crippen LogP contribution in [-0.2, 0) is 4.79 Å². The number of hydrogen-bond acceptors (Lipinski definition) is 1. The van der Waals surface area contributed by atoms with E-state index in [-0.39, 0.29) is 5.92 Å². The number of aliphatic carboxylic acids is 1. The molecular weight excluding hydrogens is 338 g/mol. The molecule has 2 unspecified atom stereocenters. The van der Waals surface area contributed by atoms with Gasteiger partial charge in [-0.25, -0.2) is 0 Å². The zero-order valence-electron chi connectivity index (χ0n) is 7.75. The summed E-state index contributed by atoms with van der Waals surface area (Å²) in [7, 11) is 0. The van der Waals surface area contributed by atoms with Gasteiger partial charge in [0.15, 0.2) is 0 Å². The summed E-state index contributed by atoms with van der Waals surface area (Å²) in [4.78, 5) is 10.9. The van der Waals surface area contributed by atoms with E-state index < -0.39 is 16.2 Å². The van der Waals surface area contributed by atoms with Gasteiger partial charge in [0.05, 0.1) is 10.9 Å². The van der Waals surface area contributed by atoms with Crippen molar-refractivity contribution in [3.8, 4) is 0 Å². The molecular formula is C10H6BrCl3O2. The Kier molecular flexibility index (Phi) is 3.17. The molecule has 1 aromatic rings. The number of rotatable bonds is 2. The van der Waals surface area contributed by atoms with Gasteiger partial charge in [0, 0.05) is 10.4 Å². The summed E-state index contributed by atoms with van der Waals surface area (Å²) in [6.45, 7) is 0. The molecule has 0 amide bonds. The highest BCUT2D eigenvalue weighted by atomic mass is 79.9. The van der Waals surface area contributed by atoms with Crippen LogP contribution in [0.4, 0.5) is 0 Å². The summed E-state index contributed by atoms with van der Waals surface area (Å²) in [6.07, 6.45) is 0. The molecule has 1 aliphatic carbocycles. The Bertz CT molecular complexity index is 461. The number of carboxylic acid groups (broad SMARTS) is 1. The standard InChI is InChI=1S/C10H6BrCl3O2/c11-5-3-4(1-2-6(5)12)7-8(9(15)16)10(7,13)14/h1-3,7-8H,(H,15,16). The number of carboxylic acids is 1. The number of alkyl halides is 2.